The van der Waals surface area contributed by atoms with Crippen LogP contribution < -0.4 is 4.74 Å². The van der Waals surface area contributed by atoms with Crippen molar-refractivity contribution in [3.63, 3.8) is 0 Å². The van der Waals surface area contributed by atoms with Crippen molar-refractivity contribution < 1.29 is 14.3 Å². The quantitative estimate of drug-likeness (QED) is 0.314. The van der Waals surface area contributed by atoms with Gasteiger partial charge in [-0.25, -0.2) is 0 Å². The zero-order valence-electron chi connectivity index (χ0n) is 17.8. The molecule has 1 fully saturated rings. The van der Waals surface area contributed by atoms with Gasteiger partial charge in [0.2, 0.25) is 0 Å². The van der Waals surface area contributed by atoms with E-state index in [0.29, 0.717) is 12.1 Å². The Bertz CT molecular complexity index is 1230. The molecule has 1 unspecified atom stereocenters. The molecule has 1 aliphatic heterocycles. The fourth-order valence-electron chi connectivity index (χ4n) is 4.02. The number of fused-ring (bicyclic) bond motifs is 1. The first-order valence-corrected chi connectivity index (χ1v) is 11.6. The molecule has 0 bridgehead atoms. The fraction of sp³-hybridized carbons (Fsp3) is 0.292. The Morgan fingerprint density at radius 3 is 2.84 bits per heavy atom. The van der Waals surface area contributed by atoms with Crippen LogP contribution in [0.3, 0.4) is 0 Å². The van der Waals surface area contributed by atoms with E-state index in [9.17, 15) is 4.79 Å². The highest BCUT2D eigenvalue weighted by Gasteiger charge is 2.23. The number of thioether (sulfide) groups is 1. The monoisotopic (exact) mass is 448 g/mol. The van der Waals surface area contributed by atoms with Gasteiger partial charge < -0.3 is 14.5 Å². The number of Topliss-reactive ketones (excluding diaryl/α,β-unsaturated/α-hetero) is 1. The molecule has 32 heavy (non-hydrogen) atoms. The van der Waals surface area contributed by atoms with Crippen LogP contribution in [0.15, 0.2) is 59.9 Å². The summed E-state index contributed by atoms with van der Waals surface area (Å²) in [5.74, 6) is 1.90. The van der Waals surface area contributed by atoms with E-state index in [2.05, 4.69) is 19.7 Å². The Morgan fingerprint density at radius 1 is 1.22 bits per heavy atom. The maximum absolute atomic E-state index is 13.0. The zero-order chi connectivity index (χ0) is 21.9. The lowest BCUT2D eigenvalue weighted by atomic mass is 10.1. The minimum atomic E-state index is 0.0603. The average Bonchev–Trinajstić information content (AvgIpc) is 3.58. The standard InChI is InChI=1S/C24H24N4O3S/c1-30-17-10-8-16(9-11-17)23-26-27-24(28(23)14-18-5-4-12-31-18)32-15-22(29)20-13-25-21-7-3-2-6-19(20)21/h2-3,6-11,13,18,25H,4-5,12,14-15H2,1H3. The number of aromatic amines is 1. The summed E-state index contributed by atoms with van der Waals surface area (Å²) >= 11 is 1.41. The molecule has 1 saturated heterocycles. The second-order valence-electron chi connectivity index (χ2n) is 7.74. The number of rotatable bonds is 8. The third-order valence-corrected chi connectivity index (χ3v) is 6.66. The highest BCUT2D eigenvalue weighted by Crippen LogP contribution is 2.29. The zero-order valence-corrected chi connectivity index (χ0v) is 18.6. The summed E-state index contributed by atoms with van der Waals surface area (Å²) in [6, 6.07) is 15.6. The smallest absolute Gasteiger partial charge is 0.192 e. The maximum atomic E-state index is 13.0. The number of hydrogen-bond donors (Lipinski definition) is 1. The summed E-state index contributed by atoms with van der Waals surface area (Å²) in [5, 5.41) is 10.5. The van der Waals surface area contributed by atoms with Gasteiger partial charge in [0.15, 0.2) is 16.8 Å². The van der Waals surface area contributed by atoms with Crippen LogP contribution in [0, 0.1) is 0 Å². The summed E-state index contributed by atoms with van der Waals surface area (Å²) in [6.45, 7) is 1.45. The van der Waals surface area contributed by atoms with Crippen LogP contribution in [0.25, 0.3) is 22.3 Å². The van der Waals surface area contributed by atoms with E-state index < -0.39 is 0 Å². The number of nitrogens with zero attached hydrogens (tertiary/aromatic N) is 3. The van der Waals surface area contributed by atoms with Crippen molar-refractivity contribution in [1.82, 2.24) is 19.7 Å². The van der Waals surface area contributed by atoms with Crippen LogP contribution in [-0.2, 0) is 11.3 Å². The molecular weight excluding hydrogens is 424 g/mol. The number of carbonyl (C=O) groups excluding carboxylic acids is 1. The van der Waals surface area contributed by atoms with Gasteiger partial charge in [-0.15, -0.1) is 10.2 Å². The van der Waals surface area contributed by atoms with Crippen molar-refractivity contribution in [2.24, 2.45) is 0 Å². The predicted octanol–water partition coefficient (Wildman–Crippen LogP) is 4.59. The van der Waals surface area contributed by atoms with E-state index in [4.69, 9.17) is 9.47 Å². The fourth-order valence-corrected chi connectivity index (χ4v) is 4.85. The van der Waals surface area contributed by atoms with Crippen LogP contribution in [0.5, 0.6) is 5.75 Å². The number of ether oxygens (including phenoxy) is 2. The van der Waals surface area contributed by atoms with E-state index in [1.165, 1.54) is 11.8 Å². The first-order valence-electron chi connectivity index (χ1n) is 10.6. The first-order chi connectivity index (χ1) is 15.7. The van der Waals surface area contributed by atoms with E-state index >= 15 is 0 Å². The lowest BCUT2D eigenvalue weighted by Gasteiger charge is -2.14. The Labute approximate surface area is 190 Å². The molecule has 3 heterocycles. The van der Waals surface area contributed by atoms with Gasteiger partial charge in [0, 0.05) is 34.8 Å². The Balaban J connectivity index is 1.39. The highest BCUT2D eigenvalue weighted by molar-refractivity contribution is 7.99. The summed E-state index contributed by atoms with van der Waals surface area (Å²) in [5.41, 5.74) is 2.61. The minimum absolute atomic E-state index is 0.0603. The van der Waals surface area contributed by atoms with Gasteiger partial charge in [-0.05, 0) is 43.2 Å². The van der Waals surface area contributed by atoms with E-state index in [1.54, 1.807) is 13.3 Å². The third kappa shape index (κ3) is 4.16. The van der Waals surface area contributed by atoms with Gasteiger partial charge in [-0.2, -0.15) is 0 Å². The lowest BCUT2D eigenvalue weighted by Crippen LogP contribution is -2.17. The normalized spacial score (nSPS) is 16.0. The number of carbonyl (C=O) groups is 1. The molecule has 0 saturated carbocycles. The largest absolute Gasteiger partial charge is 0.497 e. The van der Waals surface area contributed by atoms with Crippen molar-refractivity contribution in [3.05, 3.63) is 60.3 Å². The molecular formula is C24H24N4O3S. The van der Waals surface area contributed by atoms with E-state index in [0.717, 1.165) is 52.6 Å². The number of ketones is 1. The third-order valence-electron chi connectivity index (χ3n) is 5.70. The summed E-state index contributed by atoms with van der Waals surface area (Å²) in [4.78, 5) is 16.1. The Kier molecular flexibility index (Phi) is 5.96. The number of nitrogens with one attached hydrogen (secondary N) is 1. The molecule has 7 nitrogen and oxygen atoms in total. The van der Waals surface area contributed by atoms with Gasteiger partial charge in [0.05, 0.1) is 25.5 Å². The van der Waals surface area contributed by atoms with Crippen LogP contribution in [0.2, 0.25) is 0 Å². The van der Waals surface area contributed by atoms with Gasteiger partial charge in [0.25, 0.3) is 0 Å². The van der Waals surface area contributed by atoms with Crippen LogP contribution in [0.1, 0.15) is 23.2 Å². The first kappa shape index (κ1) is 20.8. The van der Waals surface area contributed by atoms with Crippen molar-refractivity contribution in [2.75, 3.05) is 19.5 Å². The van der Waals surface area contributed by atoms with Crippen molar-refractivity contribution >= 4 is 28.4 Å². The molecule has 0 amide bonds. The number of benzene rings is 2. The Hall–Kier alpha value is -3.10. The molecule has 0 spiro atoms. The van der Waals surface area contributed by atoms with Crippen molar-refractivity contribution in [2.45, 2.75) is 30.6 Å². The van der Waals surface area contributed by atoms with Crippen LogP contribution in [-0.4, -0.2) is 51.1 Å². The van der Waals surface area contributed by atoms with E-state index in [-0.39, 0.29) is 17.6 Å². The van der Waals surface area contributed by atoms with Gasteiger partial charge in [0.1, 0.15) is 5.75 Å². The van der Waals surface area contributed by atoms with Crippen molar-refractivity contribution in [1.29, 1.82) is 0 Å². The summed E-state index contributed by atoms with van der Waals surface area (Å²) in [7, 11) is 1.65. The molecule has 4 aromatic rings. The topological polar surface area (TPSA) is 82.0 Å². The maximum Gasteiger partial charge on any atom is 0.192 e. The minimum Gasteiger partial charge on any atom is -0.497 e. The Morgan fingerprint density at radius 2 is 2.06 bits per heavy atom. The number of hydrogen-bond acceptors (Lipinski definition) is 6. The molecule has 0 aliphatic carbocycles. The number of para-hydroxylation sites is 1. The molecule has 5 rings (SSSR count). The summed E-state index contributed by atoms with van der Waals surface area (Å²) in [6.07, 6.45) is 3.99. The van der Waals surface area contributed by atoms with Gasteiger partial charge in [-0.3, -0.25) is 9.36 Å². The highest BCUT2D eigenvalue weighted by atomic mass is 32.2. The molecule has 2 aromatic heterocycles. The van der Waals surface area contributed by atoms with Gasteiger partial charge in [-0.1, -0.05) is 30.0 Å². The van der Waals surface area contributed by atoms with E-state index in [1.807, 2.05) is 48.5 Å². The molecule has 8 heteroatoms. The number of aromatic nitrogens is 4. The molecule has 164 valence electrons. The molecule has 0 radical (unpaired) electrons. The van der Waals surface area contributed by atoms with Crippen LogP contribution >= 0.6 is 11.8 Å². The SMILES string of the molecule is COc1ccc(-c2nnc(SCC(=O)c3c[nH]c4ccccc34)n2CC2CCCO2)cc1. The molecule has 1 N–H and O–H groups in total. The molecule has 1 aliphatic rings. The number of H-pyrrole nitrogens is 1. The van der Waals surface area contributed by atoms with Gasteiger partial charge >= 0.3 is 0 Å². The molecule has 2 aromatic carbocycles. The number of methoxy groups -OCH3 is 1. The predicted molar refractivity (Wildman–Crippen MR) is 124 cm³/mol. The average molecular weight is 449 g/mol. The lowest BCUT2D eigenvalue weighted by molar-refractivity contribution is 0.0953. The second-order valence-corrected chi connectivity index (χ2v) is 8.68. The molecule has 1 atom stereocenters. The van der Waals surface area contributed by atoms with Crippen LogP contribution in [0.4, 0.5) is 0 Å². The van der Waals surface area contributed by atoms with Crippen molar-refractivity contribution in [3.8, 4) is 17.1 Å². The second kappa shape index (κ2) is 9.18. The summed E-state index contributed by atoms with van der Waals surface area (Å²) < 4.78 is 13.2.